The molecule has 1 aromatic carbocycles. The first kappa shape index (κ1) is 25.0. The molecule has 0 radical (unpaired) electrons. The molecule has 2 saturated heterocycles. The summed E-state index contributed by atoms with van der Waals surface area (Å²) in [6, 6.07) is 3.78. The van der Waals surface area contributed by atoms with Crippen LogP contribution in [0.25, 0.3) is 10.9 Å². The summed E-state index contributed by atoms with van der Waals surface area (Å²) in [7, 11) is 0. The van der Waals surface area contributed by atoms with Gasteiger partial charge in [0.05, 0.1) is 48.6 Å². The standard InChI is InChI=1S/C25H29ClF2N6O2/c1-14-7-16-9-29-25(32-21-10-30-34(24(21)26)6-3-15(2)27)31-20(16)8-18(14)17-4-5-33(11-19(17)28)22-12-36-13-23(22)35/h7-10,17,19,22-23,35H,2-6,11-13H2,1H3,(H,29,31,32)/t17-,19+,22+,23-/m0/s1. The number of aliphatic hydroxyl groups is 1. The fourth-order valence-electron chi connectivity index (χ4n) is 5.09. The Morgan fingerprint density at radius 1 is 1.33 bits per heavy atom. The highest BCUT2D eigenvalue weighted by Gasteiger charge is 2.38. The highest BCUT2D eigenvalue weighted by Crippen LogP contribution is 2.36. The number of hydrogen-bond donors (Lipinski definition) is 2. The Labute approximate surface area is 212 Å². The SMILES string of the molecule is C=C(F)CCn1ncc(Nc2ncc3cc(C)c([C@@H]4CCN([C@@H]5COC[C@@H]5O)C[C@H]4F)cc3n2)c1Cl. The van der Waals surface area contributed by atoms with Crippen LogP contribution in [0, 0.1) is 6.92 Å². The molecule has 0 bridgehead atoms. The Balaban J connectivity index is 1.34. The van der Waals surface area contributed by atoms with Crippen LogP contribution in [0.4, 0.5) is 20.4 Å². The number of rotatable bonds is 7. The summed E-state index contributed by atoms with van der Waals surface area (Å²) in [5.74, 6) is -0.365. The van der Waals surface area contributed by atoms with Crippen molar-refractivity contribution in [3.05, 3.63) is 53.2 Å². The van der Waals surface area contributed by atoms with Crippen molar-refractivity contribution in [2.24, 2.45) is 0 Å². The highest BCUT2D eigenvalue weighted by molar-refractivity contribution is 6.32. The molecular formula is C25H29ClF2N6O2. The van der Waals surface area contributed by atoms with E-state index in [0.717, 1.165) is 16.5 Å². The smallest absolute Gasteiger partial charge is 0.227 e. The van der Waals surface area contributed by atoms with Gasteiger partial charge in [0.15, 0.2) is 5.15 Å². The lowest BCUT2D eigenvalue weighted by Crippen LogP contribution is -2.50. The number of aryl methyl sites for hydroxylation is 2. The third-order valence-corrected chi connectivity index (χ3v) is 7.45. The van der Waals surface area contributed by atoms with Crippen LogP contribution in [-0.4, -0.2) is 74.4 Å². The summed E-state index contributed by atoms with van der Waals surface area (Å²) in [4.78, 5) is 11.0. The van der Waals surface area contributed by atoms with E-state index in [2.05, 4.69) is 27.0 Å². The lowest BCUT2D eigenvalue weighted by Gasteiger charge is -2.39. The molecule has 2 aliphatic rings. The molecular weight excluding hydrogens is 490 g/mol. The van der Waals surface area contributed by atoms with Crippen LogP contribution < -0.4 is 5.32 Å². The van der Waals surface area contributed by atoms with Crippen molar-refractivity contribution in [2.45, 2.75) is 50.5 Å². The van der Waals surface area contributed by atoms with E-state index in [0.29, 0.717) is 48.5 Å². The van der Waals surface area contributed by atoms with E-state index < -0.39 is 18.1 Å². The molecule has 2 aromatic heterocycles. The van der Waals surface area contributed by atoms with Gasteiger partial charge < -0.3 is 15.2 Å². The number of nitrogens with one attached hydrogen (secondary N) is 1. The molecule has 2 N–H and O–H groups in total. The Morgan fingerprint density at radius 3 is 2.89 bits per heavy atom. The van der Waals surface area contributed by atoms with Crippen LogP contribution in [0.2, 0.25) is 5.15 Å². The zero-order chi connectivity index (χ0) is 25.4. The van der Waals surface area contributed by atoms with Crippen molar-refractivity contribution in [3.8, 4) is 0 Å². The molecule has 192 valence electrons. The second kappa shape index (κ2) is 10.4. The molecule has 3 aromatic rings. The number of halogens is 3. The number of anilines is 2. The molecule has 4 atom stereocenters. The summed E-state index contributed by atoms with van der Waals surface area (Å²) in [6.45, 7) is 7.21. The number of ether oxygens (including phenoxy) is 1. The summed E-state index contributed by atoms with van der Waals surface area (Å²) in [5, 5.41) is 18.5. The second-order valence-electron chi connectivity index (χ2n) is 9.50. The molecule has 4 heterocycles. The topological polar surface area (TPSA) is 88.3 Å². The number of nitrogens with zero attached hydrogens (tertiary/aromatic N) is 5. The van der Waals surface area contributed by atoms with E-state index in [-0.39, 0.29) is 31.5 Å². The van der Waals surface area contributed by atoms with Crippen molar-refractivity contribution in [3.63, 3.8) is 0 Å². The maximum absolute atomic E-state index is 15.4. The van der Waals surface area contributed by atoms with Crippen molar-refractivity contribution >= 4 is 34.1 Å². The molecule has 5 rings (SSSR count). The van der Waals surface area contributed by atoms with E-state index in [1.54, 1.807) is 6.20 Å². The zero-order valence-electron chi connectivity index (χ0n) is 20.0. The van der Waals surface area contributed by atoms with E-state index in [1.165, 1.54) is 10.9 Å². The first-order valence-corrected chi connectivity index (χ1v) is 12.4. The molecule has 8 nitrogen and oxygen atoms in total. The van der Waals surface area contributed by atoms with Gasteiger partial charge in [0.25, 0.3) is 0 Å². The van der Waals surface area contributed by atoms with Gasteiger partial charge in [-0.3, -0.25) is 9.58 Å². The van der Waals surface area contributed by atoms with Gasteiger partial charge in [-0.25, -0.2) is 18.7 Å². The molecule has 0 spiro atoms. The lowest BCUT2D eigenvalue weighted by molar-refractivity contribution is 0.0352. The van der Waals surface area contributed by atoms with Crippen molar-refractivity contribution < 1.29 is 18.6 Å². The molecule has 2 aliphatic heterocycles. The summed E-state index contributed by atoms with van der Waals surface area (Å²) < 4.78 is 35.2. The van der Waals surface area contributed by atoms with Crippen molar-refractivity contribution in [2.75, 3.05) is 31.6 Å². The van der Waals surface area contributed by atoms with E-state index in [4.69, 9.17) is 16.3 Å². The summed E-state index contributed by atoms with van der Waals surface area (Å²) in [5.41, 5.74) is 3.12. The van der Waals surface area contributed by atoms with Crippen LogP contribution in [-0.2, 0) is 11.3 Å². The van der Waals surface area contributed by atoms with E-state index in [9.17, 15) is 9.50 Å². The number of fused-ring (bicyclic) bond motifs is 1. The summed E-state index contributed by atoms with van der Waals surface area (Å²) >= 11 is 6.37. The van der Waals surface area contributed by atoms with Gasteiger partial charge in [0.1, 0.15) is 6.17 Å². The molecule has 11 heteroatoms. The second-order valence-corrected chi connectivity index (χ2v) is 9.86. The summed E-state index contributed by atoms with van der Waals surface area (Å²) in [6.07, 6.45) is 2.39. The van der Waals surface area contributed by atoms with Gasteiger partial charge in [-0.1, -0.05) is 18.2 Å². The number of aromatic nitrogens is 4. The molecule has 2 fully saturated rings. The lowest BCUT2D eigenvalue weighted by atomic mass is 9.84. The predicted molar refractivity (Wildman–Crippen MR) is 134 cm³/mol. The molecule has 0 saturated carbocycles. The minimum atomic E-state index is -1.06. The predicted octanol–water partition coefficient (Wildman–Crippen LogP) is 4.29. The monoisotopic (exact) mass is 518 g/mol. The maximum atomic E-state index is 15.4. The number of likely N-dealkylation sites (tertiary alicyclic amines) is 1. The van der Waals surface area contributed by atoms with Crippen LogP contribution in [0.1, 0.15) is 29.9 Å². The fraction of sp³-hybridized carbons (Fsp3) is 0.480. The Hall–Kier alpha value is -2.66. The maximum Gasteiger partial charge on any atom is 0.227 e. The number of benzene rings is 1. The van der Waals surface area contributed by atoms with Gasteiger partial charge in [-0.15, -0.1) is 0 Å². The highest BCUT2D eigenvalue weighted by atomic mass is 35.5. The van der Waals surface area contributed by atoms with E-state index in [1.807, 2.05) is 24.0 Å². The van der Waals surface area contributed by atoms with Crippen molar-refractivity contribution in [1.29, 1.82) is 0 Å². The molecule has 0 amide bonds. The Morgan fingerprint density at radius 2 is 2.17 bits per heavy atom. The number of aliphatic hydroxyl groups excluding tert-OH is 1. The average Bonchev–Trinajstić information content (AvgIpc) is 3.43. The first-order valence-electron chi connectivity index (χ1n) is 12.0. The fourth-order valence-corrected chi connectivity index (χ4v) is 5.31. The van der Waals surface area contributed by atoms with Gasteiger partial charge in [0, 0.05) is 37.0 Å². The normalized spacial score (nSPS) is 24.9. The number of allylic oxidation sites excluding steroid dienone is 1. The third kappa shape index (κ3) is 5.08. The third-order valence-electron chi connectivity index (χ3n) is 7.05. The molecule has 0 aliphatic carbocycles. The van der Waals surface area contributed by atoms with Crippen LogP contribution in [0.3, 0.4) is 0 Å². The minimum absolute atomic E-state index is 0.124. The average molecular weight is 519 g/mol. The molecule has 0 unspecified atom stereocenters. The van der Waals surface area contributed by atoms with Crippen LogP contribution in [0.5, 0.6) is 0 Å². The van der Waals surface area contributed by atoms with Gasteiger partial charge in [-0.2, -0.15) is 5.10 Å². The van der Waals surface area contributed by atoms with Gasteiger partial charge >= 0.3 is 0 Å². The number of alkyl halides is 1. The van der Waals surface area contributed by atoms with E-state index >= 15 is 4.39 Å². The minimum Gasteiger partial charge on any atom is -0.389 e. The van der Waals surface area contributed by atoms with Crippen LogP contribution >= 0.6 is 11.6 Å². The quantitative estimate of drug-likeness (QED) is 0.482. The Bertz CT molecular complexity index is 1270. The van der Waals surface area contributed by atoms with Crippen LogP contribution in [0.15, 0.2) is 36.9 Å². The molecule has 36 heavy (non-hydrogen) atoms. The largest absolute Gasteiger partial charge is 0.389 e. The first-order chi connectivity index (χ1) is 17.3. The zero-order valence-corrected chi connectivity index (χ0v) is 20.8. The van der Waals surface area contributed by atoms with Gasteiger partial charge in [0.2, 0.25) is 5.95 Å². The van der Waals surface area contributed by atoms with Gasteiger partial charge in [-0.05, 0) is 43.1 Å². The Kier molecular flexibility index (Phi) is 7.21. The number of hydrogen-bond acceptors (Lipinski definition) is 7. The van der Waals surface area contributed by atoms with Crippen molar-refractivity contribution in [1.82, 2.24) is 24.6 Å². The number of piperidine rings is 1.